The molecule has 94 valence electrons. The van der Waals surface area contributed by atoms with Gasteiger partial charge in [-0.2, -0.15) is 0 Å². The summed E-state index contributed by atoms with van der Waals surface area (Å²) in [5.41, 5.74) is 0.723. The molecular formula is C14H15NO3. The Kier molecular flexibility index (Phi) is 3.26. The minimum atomic E-state index is -0.729. The molecule has 1 aliphatic rings. The van der Waals surface area contributed by atoms with Gasteiger partial charge in [0.15, 0.2) is 0 Å². The van der Waals surface area contributed by atoms with E-state index < -0.39 is 12.0 Å². The van der Waals surface area contributed by atoms with E-state index in [4.69, 9.17) is 11.2 Å². The molecule has 1 aliphatic heterocycles. The van der Waals surface area contributed by atoms with E-state index >= 15 is 0 Å². The molecule has 0 unspecified atom stereocenters. The van der Waals surface area contributed by atoms with Crippen molar-refractivity contribution in [2.24, 2.45) is 5.92 Å². The lowest BCUT2D eigenvalue weighted by Gasteiger charge is -2.45. The van der Waals surface area contributed by atoms with Crippen LogP contribution in [-0.2, 0) is 4.79 Å². The van der Waals surface area contributed by atoms with E-state index in [9.17, 15) is 9.90 Å². The summed E-state index contributed by atoms with van der Waals surface area (Å²) in [7, 11) is 1.58. The van der Waals surface area contributed by atoms with Gasteiger partial charge < -0.3 is 9.84 Å². The number of anilines is 1. The number of methoxy groups -OCH3 is 1. The van der Waals surface area contributed by atoms with Gasteiger partial charge >= 0.3 is 0 Å². The summed E-state index contributed by atoms with van der Waals surface area (Å²) < 4.78 is 5.06. The zero-order valence-corrected chi connectivity index (χ0v) is 10.3. The Bertz CT molecular complexity index is 487. The average molecular weight is 245 g/mol. The van der Waals surface area contributed by atoms with Crippen LogP contribution in [0.3, 0.4) is 0 Å². The number of carbonyl (C=O) groups excluding carboxylic acids is 1. The van der Waals surface area contributed by atoms with Gasteiger partial charge in [0.05, 0.1) is 19.1 Å². The van der Waals surface area contributed by atoms with Crippen molar-refractivity contribution in [2.45, 2.75) is 19.1 Å². The zero-order valence-electron chi connectivity index (χ0n) is 10.3. The topological polar surface area (TPSA) is 49.8 Å². The fourth-order valence-electron chi connectivity index (χ4n) is 2.19. The van der Waals surface area contributed by atoms with E-state index in [1.54, 1.807) is 38.3 Å². The van der Waals surface area contributed by atoms with E-state index in [1.165, 1.54) is 4.90 Å². The van der Waals surface area contributed by atoms with Crippen LogP contribution >= 0.6 is 0 Å². The predicted molar refractivity (Wildman–Crippen MR) is 68.3 cm³/mol. The van der Waals surface area contributed by atoms with Crippen molar-refractivity contribution >= 4 is 11.6 Å². The molecule has 0 spiro atoms. The molecule has 18 heavy (non-hydrogen) atoms. The van der Waals surface area contributed by atoms with Gasteiger partial charge in [-0.1, -0.05) is 5.92 Å². The lowest BCUT2D eigenvalue weighted by atomic mass is 9.83. The number of hydrogen-bond acceptors (Lipinski definition) is 3. The first-order valence-electron chi connectivity index (χ1n) is 5.71. The molecule has 1 heterocycles. The van der Waals surface area contributed by atoms with Gasteiger partial charge in [0, 0.05) is 5.69 Å². The van der Waals surface area contributed by atoms with Crippen molar-refractivity contribution < 1.29 is 14.6 Å². The van der Waals surface area contributed by atoms with Gasteiger partial charge in [-0.25, -0.2) is 0 Å². The second kappa shape index (κ2) is 4.71. The van der Waals surface area contributed by atoms with Crippen molar-refractivity contribution in [3.8, 4) is 18.1 Å². The Morgan fingerprint density at radius 1 is 1.44 bits per heavy atom. The molecule has 1 saturated heterocycles. The lowest BCUT2D eigenvalue weighted by Crippen LogP contribution is -2.64. The smallest absolute Gasteiger partial charge is 0.236 e. The monoisotopic (exact) mass is 245 g/mol. The third-order valence-electron chi connectivity index (χ3n) is 3.18. The predicted octanol–water partition coefficient (Wildman–Crippen LogP) is 1.04. The van der Waals surface area contributed by atoms with Crippen LogP contribution in [0.25, 0.3) is 0 Å². The molecule has 0 aliphatic carbocycles. The first-order valence-corrected chi connectivity index (χ1v) is 5.71. The van der Waals surface area contributed by atoms with Crippen LogP contribution in [0.2, 0.25) is 0 Å². The van der Waals surface area contributed by atoms with E-state index in [-0.39, 0.29) is 11.9 Å². The highest BCUT2D eigenvalue weighted by Gasteiger charge is 2.49. The fourth-order valence-corrected chi connectivity index (χ4v) is 2.19. The molecule has 0 saturated carbocycles. The quantitative estimate of drug-likeness (QED) is 0.639. The minimum Gasteiger partial charge on any atom is -0.497 e. The van der Waals surface area contributed by atoms with Crippen molar-refractivity contribution in [3.63, 3.8) is 0 Å². The third kappa shape index (κ3) is 1.83. The minimum absolute atomic E-state index is 0.141. The molecule has 1 aromatic carbocycles. The Hall–Kier alpha value is -1.99. The highest BCUT2D eigenvalue weighted by Crippen LogP contribution is 2.34. The highest BCUT2D eigenvalue weighted by molar-refractivity contribution is 6.04. The molecule has 1 aromatic rings. The number of benzene rings is 1. The Morgan fingerprint density at radius 2 is 2.06 bits per heavy atom. The number of ether oxygens (including phenoxy) is 1. The van der Waals surface area contributed by atoms with Crippen LogP contribution < -0.4 is 9.64 Å². The standard InChI is InChI=1S/C14H15NO3/c1-4-12-13(9(2)16)14(17)15(12)10-5-7-11(18-3)8-6-10/h1,5-9,12-13,16H,2-3H3/t9-,12-,13-/m1/s1. The molecule has 1 amide bonds. The first-order chi connectivity index (χ1) is 8.60. The van der Waals surface area contributed by atoms with E-state index in [0.717, 1.165) is 11.4 Å². The van der Waals surface area contributed by atoms with Gasteiger partial charge in [-0.05, 0) is 31.2 Å². The Morgan fingerprint density at radius 3 is 2.50 bits per heavy atom. The number of hydrogen-bond donors (Lipinski definition) is 1. The van der Waals surface area contributed by atoms with Crippen molar-refractivity contribution in [1.82, 2.24) is 0 Å². The molecule has 4 heteroatoms. The number of β-lactam (4-membered cyclic amide) rings is 1. The summed E-state index contributed by atoms with van der Waals surface area (Å²) in [5.74, 6) is 2.63. The number of rotatable bonds is 3. The average Bonchev–Trinajstić information content (AvgIpc) is 2.36. The van der Waals surface area contributed by atoms with Gasteiger partial charge in [0.25, 0.3) is 0 Å². The number of carbonyl (C=O) groups is 1. The van der Waals surface area contributed by atoms with E-state index in [2.05, 4.69) is 5.92 Å². The summed E-state index contributed by atoms with van der Waals surface area (Å²) in [6.45, 7) is 1.58. The van der Waals surface area contributed by atoms with E-state index in [0.29, 0.717) is 0 Å². The number of nitrogens with zero attached hydrogens (tertiary/aromatic N) is 1. The van der Waals surface area contributed by atoms with Gasteiger partial charge in [0.2, 0.25) is 5.91 Å². The maximum Gasteiger partial charge on any atom is 0.236 e. The maximum absolute atomic E-state index is 12.0. The van der Waals surface area contributed by atoms with Gasteiger partial charge in [0.1, 0.15) is 11.8 Å². The molecule has 0 bridgehead atoms. The van der Waals surface area contributed by atoms with Crippen molar-refractivity contribution in [3.05, 3.63) is 24.3 Å². The molecule has 0 aromatic heterocycles. The van der Waals surface area contributed by atoms with Crippen LogP contribution in [0.5, 0.6) is 5.75 Å². The molecule has 1 N–H and O–H groups in total. The molecule has 0 radical (unpaired) electrons. The summed E-state index contributed by atoms with van der Waals surface area (Å²) in [6.07, 6.45) is 4.70. The first kappa shape index (κ1) is 12.5. The summed E-state index contributed by atoms with van der Waals surface area (Å²) in [4.78, 5) is 13.5. The summed E-state index contributed by atoms with van der Waals surface area (Å²) >= 11 is 0. The van der Waals surface area contributed by atoms with Crippen LogP contribution in [0.1, 0.15) is 6.92 Å². The largest absolute Gasteiger partial charge is 0.497 e. The Labute approximate surface area is 106 Å². The SMILES string of the molecule is C#C[C@@H]1[C@@H]([C@@H](C)O)C(=O)N1c1ccc(OC)cc1. The van der Waals surface area contributed by atoms with Crippen LogP contribution in [0.15, 0.2) is 24.3 Å². The van der Waals surface area contributed by atoms with Gasteiger partial charge in [-0.3, -0.25) is 9.69 Å². The molecular weight excluding hydrogens is 230 g/mol. The number of terminal acetylenes is 1. The van der Waals surface area contributed by atoms with E-state index in [1.807, 2.05) is 0 Å². The lowest BCUT2D eigenvalue weighted by molar-refractivity contribution is -0.133. The second-order valence-electron chi connectivity index (χ2n) is 4.28. The molecule has 3 atom stereocenters. The van der Waals surface area contributed by atoms with Crippen LogP contribution in [0.4, 0.5) is 5.69 Å². The van der Waals surface area contributed by atoms with Gasteiger partial charge in [-0.15, -0.1) is 6.42 Å². The number of aliphatic hydroxyl groups excluding tert-OH is 1. The molecule has 2 rings (SSSR count). The van der Waals surface area contributed by atoms with Crippen LogP contribution in [-0.4, -0.2) is 30.3 Å². The molecule has 1 fully saturated rings. The normalized spacial score (nSPS) is 24.1. The second-order valence-corrected chi connectivity index (χ2v) is 4.28. The highest BCUT2D eigenvalue weighted by atomic mass is 16.5. The number of amides is 1. The van der Waals surface area contributed by atoms with Crippen molar-refractivity contribution in [1.29, 1.82) is 0 Å². The number of aliphatic hydroxyl groups is 1. The third-order valence-corrected chi connectivity index (χ3v) is 3.18. The maximum atomic E-state index is 12.0. The van der Waals surface area contributed by atoms with Crippen molar-refractivity contribution in [2.75, 3.05) is 12.0 Å². The molecule has 4 nitrogen and oxygen atoms in total. The Balaban J connectivity index is 2.24. The van der Waals surface area contributed by atoms with Crippen LogP contribution in [0, 0.1) is 18.3 Å². The zero-order chi connectivity index (χ0) is 13.3. The fraction of sp³-hybridized carbons (Fsp3) is 0.357. The summed E-state index contributed by atoms with van der Waals surface area (Å²) in [5, 5.41) is 9.53. The summed E-state index contributed by atoms with van der Waals surface area (Å²) in [6, 6.07) is 6.71.